The SMILES string of the molecule is COc1ccc(/C=C/C(=O)OCC(=O)Nc2cc(Cl)cc(Cl)c2)cc1F. The Kier molecular flexibility index (Phi) is 7.00. The smallest absolute Gasteiger partial charge is 0.331 e. The number of nitrogens with one attached hydrogen (secondary N) is 1. The molecule has 0 saturated carbocycles. The fourth-order valence-electron chi connectivity index (χ4n) is 1.96. The van der Waals surface area contributed by atoms with Crippen molar-refractivity contribution in [2.45, 2.75) is 0 Å². The maximum absolute atomic E-state index is 13.5. The molecule has 26 heavy (non-hydrogen) atoms. The lowest BCUT2D eigenvalue weighted by atomic mass is 10.2. The lowest BCUT2D eigenvalue weighted by molar-refractivity contribution is -0.142. The molecular weight excluding hydrogens is 384 g/mol. The van der Waals surface area contributed by atoms with Crippen LogP contribution in [0, 0.1) is 5.82 Å². The number of carbonyl (C=O) groups excluding carboxylic acids is 2. The average molecular weight is 398 g/mol. The normalized spacial score (nSPS) is 10.6. The number of amides is 1. The molecule has 8 heteroatoms. The van der Waals surface area contributed by atoms with Gasteiger partial charge < -0.3 is 14.8 Å². The van der Waals surface area contributed by atoms with Crippen LogP contribution in [0.25, 0.3) is 6.08 Å². The highest BCUT2D eigenvalue weighted by Gasteiger charge is 2.07. The zero-order valence-corrected chi connectivity index (χ0v) is 15.1. The van der Waals surface area contributed by atoms with Crippen LogP contribution in [0.5, 0.6) is 5.75 Å². The van der Waals surface area contributed by atoms with Gasteiger partial charge in [-0.05, 0) is 42.0 Å². The van der Waals surface area contributed by atoms with Gasteiger partial charge in [-0.3, -0.25) is 4.79 Å². The van der Waals surface area contributed by atoms with E-state index in [-0.39, 0.29) is 5.75 Å². The van der Waals surface area contributed by atoms with Crippen LogP contribution in [0.3, 0.4) is 0 Å². The minimum absolute atomic E-state index is 0.0996. The fraction of sp³-hybridized carbons (Fsp3) is 0.111. The van der Waals surface area contributed by atoms with Crippen LogP contribution in [-0.4, -0.2) is 25.6 Å². The second kappa shape index (κ2) is 9.22. The molecule has 136 valence electrons. The van der Waals surface area contributed by atoms with E-state index in [4.69, 9.17) is 32.7 Å². The van der Waals surface area contributed by atoms with Crippen LogP contribution in [0.15, 0.2) is 42.5 Å². The predicted octanol–water partition coefficient (Wildman–Crippen LogP) is 4.34. The highest BCUT2D eigenvalue weighted by molar-refractivity contribution is 6.35. The molecule has 0 fully saturated rings. The van der Waals surface area contributed by atoms with Gasteiger partial charge in [0.15, 0.2) is 18.2 Å². The molecule has 2 aromatic carbocycles. The number of ether oxygens (including phenoxy) is 2. The number of hydrogen-bond donors (Lipinski definition) is 1. The first-order chi connectivity index (χ1) is 12.4. The van der Waals surface area contributed by atoms with Gasteiger partial charge in [-0.1, -0.05) is 29.3 Å². The Balaban J connectivity index is 1.85. The molecular formula is C18H14Cl2FNO4. The van der Waals surface area contributed by atoms with E-state index in [0.717, 1.165) is 6.08 Å². The van der Waals surface area contributed by atoms with Gasteiger partial charge in [0.2, 0.25) is 0 Å². The van der Waals surface area contributed by atoms with Gasteiger partial charge in [-0.2, -0.15) is 0 Å². The summed E-state index contributed by atoms with van der Waals surface area (Å²) >= 11 is 11.7. The van der Waals surface area contributed by atoms with E-state index in [1.54, 1.807) is 6.07 Å². The first-order valence-electron chi connectivity index (χ1n) is 7.31. The Morgan fingerprint density at radius 3 is 2.46 bits per heavy atom. The number of esters is 1. The molecule has 0 radical (unpaired) electrons. The number of anilines is 1. The molecule has 0 heterocycles. The van der Waals surface area contributed by atoms with Crippen molar-refractivity contribution in [3.8, 4) is 5.75 Å². The third-order valence-corrected chi connectivity index (χ3v) is 3.52. The zero-order valence-electron chi connectivity index (χ0n) is 13.6. The Labute approximate surface area is 159 Å². The summed E-state index contributed by atoms with van der Waals surface area (Å²) in [6, 6.07) is 8.74. The molecule has 0 aliphatic carbocycles. The molecule has 2 rings (SSSR count). The van der Waals surface area contributed by atoms with Gasteiger partial charge >= 0.3 is 5.97 Å². The van der Waals surface area contributed by atoms with Crippen LogP contribution < -0.4 is 10.1 Å². The van der Waals surface area contributed by atoms with Crippen molar-refractivity contribution in [3.63, 3.8) is 0 Å². The molecule has 0 saturated heterocycles. The molecule has 1 N–H and O–H groups in total. The number of hydrogen-bond acceptors (Lipinski definition) is 4. The van der Waals surface area contributed by atoms with Crippen LogP contribution in [0.4, 0.5) is 10.1 Å². The van der Waals surface area contributed by atoms with Crippen molar-refractivity contribution < 1.29 is 23.5 Å². The van der Waals surface area contributed by atoms with E-state index in [2.05, 4.69) is 5.32 Å². The number of methoxy groups -OCH3 is 1. The van der Waals surface area contributed by atoms with E-state index in [9.17, 15) is 14.0 Å². The van der Waals surface area contributed by atoms with E-state index >= 15 is 0 Å². The third kappa shape index (κ3) is 6.06. The summed E-state index contributed by atoms with van der Waals surface area (Å²) in [6.07, 6.45) is 2.45. The molecule has 2 aromatic rings. The monoisotopic (exact) mass is 397 g/mol. The summed E-state index contributed by atoms with van der Waals surface area (Å²) in [5.74, 6) is -1.76. The summed E-state index contributed by atoms with van der Waals surface area (Å²) in [4.78, 5) is 23.4. The highest BCUT2D eigenvalue weighted by Crippen LogP contribution is 2.22. The Hall–Kier alpha value is -2.57. The predicted molar refractivity (Wildman–Crippen MR) is 98.0 cm³/mol. The summed E-state index contributed by atoms with van der Waals surface area (Å²) in [5.41, 5.74) is 0.825. The standard InChI is InChI=1S/C18H14Cl2FNO4/c1-25-16-4-2-11(6-15(16)21)3-5-18(24)26-10-17(23)22-14-8-12(19)7-13(20)9-14/h2-9H,10H2,1H3,(H,22,23)/b5-3+. The quantitative estimate of drug-likeness (QED) is 0.581. The third-order valence-electron chi connectivity index (χ3n) is 3.08. The topological polar surface area (TPSA) is 64.6 Å². The average Bonchev–Trinajstić information content (AvgIpc) is 2.57. The summed E-state index contributed by atoms with van der Waals surface area (Å²) in [6.45, 7) is -0.496. The molecule has 0 aliphatic heterocycles. The van der Waals surface area contributed by atoms with Gasteiger partial charge in [0.25, 0.3) is 5.91 Å². The minimum atomic E-state index is -0.750. The minimum Gasteiger partial charge on any atom is -0.494 e. The zero-order chi connectivity index (χ0) is 19.1. The maximum atomic E-state index is 13.5. The van der Waals surface area contributed by atoms with E-state index in [0.29, 0.717) is 21.3 Å². The molecule has 0 aliphatic rings. The largest absolute Gasteiger partial charge is 0.494 e. The van der Waals surface area contributed by atoms with Gasteiger partial charge in [0.05, 0.1) is 7.11 Å². The first kappa shape index (κ1) is 19.8. The lowest BCUT2D eigenvalue weighted by Crippen LogP contribution is -2.20. The lowest BCUT2D eigenvalue weighted by Gasteiger charge is -2.06. The van der Waals surface area contributed by atoms with E-state index < -0.39 is 24.3 Å². The molecule has 5 nitrogen and oxygen atoms in total. The van der Waals surface area contributed by atoms with Crippen LogP contribution in [0.2, 0.25) is 10.0 Å². The Morgan fingerprint density at radius 2 is 1.85 bits per heavy atom. The molecule has 0 spiro atoms. The number of benzene rings is 2. The van der Waals surface area contributed by atoms with Crippen molar-refractivity contribution in [2.75, 3.05) is 19.0 Å². The number of rotatable bonds is 6. The van der Waals surface area contributed by atoms with Crippen molar-refractivity contribution in [1.29, 1.82) is 0 Å². The van der Waals surface area contributed by atoms with Gasteiger partial charge in [-0.25, -0.2) is 9.18 Å². The second-order valence-corrected chi connectivity index (χ2v) is 5.91. The second-order valence-electron chi connectivity index (χ2n) is 5.04. The van der Waals surface area contributed by atoms with E-state index in [1.165, 1.54) is 43.5 Å². The van der Waals surface area contributed by atoms with Crippen LogP contribution in [0.1, 0.15) is 5.56 Å². The molecule has 0 bridgehead atoms. The van der Waals surface area contributed by atoms with Gasteiger partial charge in [0, 0.05) is 21.8 Å². The number of carbonyl (C=O) groups is 2. The van der Waals surface area contributed by atoms with Gasteiger partial charge in [-0.15, -0.1) is 0 Å². The maximum Gasteiger partial charge on any atom is 0.331 e. The Morgan fingerprint density at radius 1 is 1.15 bits per heavy atom. The Bertz CT molecular complexity index is 835. The highest BCUT2D eigenvalue weighted by atomic mass is 35.5. The molecule has 1 amide bonds. The van der Waals surface area contributed by atoms with Crippen molar-refractivity contribution in [3.05, 3.63) is 63.9 Å². The molecule has 0 aromatic heterocycles. The fourth-order valence-corrected chi connectivity index (χ4v) is 2.48. The summed E-state index contributed by atoms with van der Waals surface area (Å²) in [7, 11) is 1.35. The summed E-state index contributed by atoms with van der Waals surface area (Å²) < 4.78 is 23.2. The molecule has 0 atom stereocenters. The van der Waals surface area contributed by atoms with Crippen molar-refractivity contribution in [1.82, 2.24) is 0 Å². The van der Waals surface area contributed by atoms with Crippen LogP contribution >= 0.6 is 23.2 Å². The first-order valence-corrected chi connectivity index (χ1v) is 8.07. The van der Waals surface area contributed by atoms with Crippen molar-refractivity contribution in [2.24, 2.45) is 0 Å². The van der Waals surface area contributed by atoms with Crippen LogP contribution in [-0.2, 0) is 14.3 Å². The summed E-state index contributed by atoms with van der Waals surface area (Å²) in [5, 5.41) is 3.22. The van der Waals surface area contributed by atoms with E-state index in [1.807, 2.05) is 0 Å². The van der Waals surface area contributed by atoms with Gasteiger partial charge in [0.1, 0.15) is 0 Å². The molecule has 0 unspecified atom stereocenters. The number of halogens is 3. The van der Waals surface area contributed by atoms with Crippen molar-refractivity contribution >= 4 is 46.8 Å².